The zero-order chi connectivity index (χ0) is 19.7. The van der Waals surface area contributed by atoms with Gasteiger partial charge in [0, 0.05) is 30.5 Å². The van der Waals surface area contributed by atoms with Crippen molar-refractivity contribution < 1.29 is 14.6 Å². The second kappa shape index (κ2) is 7.67. The first-order valence-corrected chi connectivity index (χ1v) is 9.71. The number of primary amides is 1. The van der Waals surface area contributed by atoms with Crippen LogP contribution >= 0.6 is 0 Å². The number of fused-ring (bicyclic) bond motifs is 1. The fourth-order valence-corrected chi connectivity index (χ4v) is 4.16. The fourth-order valence-electron chi connectivity index (χ4n) is 4.16. The van der Waals surface area contributed by atoms with E-state index in [9.17, 15) is 9.90 Å². The van der Waals surface area contributed by atoms with Crippen LogP contribution in [0.25, 0.3) is 10.9 Å². The Bertz CT molecular complexity index is 925. The lowest BCUT2D eigenvalue weighted by Gasteiger charge is -2.29. The molecule has 4 rings (SSSR count). The Balaban J connectivity index is 1.68. The second-order valence-corrected chi connectivity index (χ2v) is 7.53. The number of aliphatic hydroxyl groups is 1. The third-order valence-electron chi connectivity index (χ3n) is 5.79. The van der Waals surface area contributed by atoms with Crippen LogP contribution < -0.4 is 15.4 Å². The number of hydrogen-bond acceptors (Lipinski definition) is 5. The second-order valence-electron chi connectivity index (χ2n) is 7.53. The van der Waals surface area contributed by atoms with E-state index in [1.54, 1.807) is 13.2 Å². The molecule has 1 fully saturated rings. The van der Waals surface area contributed by atoms with Gasteiger partial charge in [-0.2, -0.15) is 5.10 Å². The molecule has 1 aliphatic carbocycles. The number of allylic oxidation sites excluding steroid dienone is 2. The Morgan fingerprint density at radius 2 is 2.07 bits per heavy atom. The van der Waals surface area contributed by atoms with Crippen molar-refractivity contribution in [1.29, 1.82) is 0 Å². The van der Waals surface area contributed by atoms with Crippen LogP contribution in [0.3, 0.4) is 0 Å². The van der Waals surface area contributed by atoms with Gasteiger partial charge in [0.25, 0.3) is 0 Å². The van der Waals surface area contributed by atoms with E-state index in [-0.39, 0.29) is 6.61 Å². The number of amides is 1. The van der Waals surface area contributed by atoms with Crippen molar-refractivity contribution in [3.63, 3.8) is 0 Å². The molecule has 1 saturated carbocycles. The van der Waals surface area contributed by atoms with E-state index in [0.717, 1.165) is 42.3 Å². The fraction of sp³-hybridized carbons (Fsp3) is 0.429. The molecule has 148 valence electrons. The predicted molar refractivity (Wildman–Crippen MR) is 108 cm³/mol. The van der Waals surface area contributed by atoms with Gasteiger partial charge in [-0.15, -0.1) is 0 Å². The number of carbonyl (C=O) groups excluding carboxylic acids is 1. The van der Waals surface area contributed by atoms with Gasteiger partial charge in [0.05, 0.1) is 24.4 Å². The molecule has 7 heteroatoms. The number of carbonyl (C=O) groups is 1. The van der Waals surface area contributed by atoms with Crippen LogP contribution in [-0.4, -0.2) is 40.6 Å². The summed E-state index contributed by atoms with van der Waals surface area (Å²) in [6.07, 6.45) is 13.4. The molecule has 3 N–H and O–H groups in total. The molecule has 7 nitrogen and oxygen atoms in total. The van der Waals surface area contributed by atoms with Crippen molar-refractivity contribution in [2.24, 2.45) is 11.7 Å². The van der Waals surface area contributed by atoms with Crippen LogP contribution in [0.15, 0.2) is 42.8 Å². The highest BCUT2D eigenvalue weighted by atomic mass is 16.5. The van der Waals surface area contributed by atoms with Crippen LogP contribution in [0.1, 0.15) is 31.7 Å². The summed E-state index contributed by atoms with van der Waals surface area (Å²) in [5, 5.41) is 15.1. The molecule has 0 saturated heterocycles. The molecule has 2 heterocycles. The molecule has 1 atom stereocenters. The first-order valence-electron chi connectivity index (χ1n) is 9.71. The summed E-state index contributed by atoms with van der Waals surface area (Å²) in [6.45, 7) is 0.271. The van der Waals surface area contributed by atoms with Gasteiger partial charge in [-0.1, -0.05) is 12.2 Å². The number of hydrogen-bond donors (Lipinski definition) is 2. The minimum absolute atomic E-state index is 0.271. The third kappa shape index (κ3) is 3.38. The summed E-state index contributed by atoms with van der Waals surface area (Å²) in [4.78, 5) is 13.7. The highest BCUT2D eigenvalue weighted by Crippen LogP contribution is 2.37. The molecule has 1 unspecified atom stereocenters. The molecule has 0 spiro atoms. The smallest absolute Gasteiger partial charge is 0.244 e. The summed E-state index contributed by atoms with van der Waals surface area (Å²) < 4.78 is 7.63. The molecule has 2 aliphatic rings. The largest absolute Gasteiger partial charge is 0.494 e. The molecule has 1 aromatic carbocycles. The first kappa shape index (κ1) is 18.6. The molecule has 2 aromatic rings. The summed E-state index contributed by atoms with van der Waals surface area (Å²) in [7, 11) is 1.61. The van der Waals surface area contributed by atoms with Crippen molar-refractivity contribution >= 4 is 22.5 Å². The van der Waals surface area contributed by atoms with Crippen molar-refractivity contribution in [3.8, 4) is 5.75 Å². The SMILES string of the molecule is COc1cc2nn(C3CCC(CO)CC3)cc2cc1N1C=CC=CC1C(N)=O. The van der Waals surface area contributed by atoms with E-state index in [0.29, 0.717) is 17.7 Å². The number of aliphatic hydroxyl groups excluding tert-OH is 1. The molecule has 1 aliphatic heterocycles. The summed E-state index contributed by atoms with van der Waals surface area (Å²) in [5.41, 5.74) is 7.22. The summed E-state index contributed by atoms with van der Waals surface area (Å²) in [6, 6.07) is 3.70. The average Bonchev–Trinajstić information content (AvgIpc) is 3.15. The molecule has 1 aromatic heterocycles. The predicted octanol–water partition coefficient (Wildman–Crippen LogP) is 2.51. The van der Waals surface area contributed by atoms with E-state index in [1.807, 2.05) is 40.1 Å². The van der Waals surface area contributed by atoms with Gasteiger partial charge in [0.15, 0.2) is 0 Å². The lowest BCUT2D eigenvalue weighted by Crippen LogP contribution is -2.41. The number of anilines is 1. The van der Waals surface area contributed by atoms with Gasteiger partial charge >= 0.3 is 0 Å². The normalized spacial score (nSPS) is 24.6. The Kier molecular flexibility index (Phi) is 5.09. The molecule has 0 bridgehead atoms. The molecular weight excluding hydrogens is 356 g/mol. The van der Waals surface area contributed by atoms with Crippen LogP contribution in [-0.2, 0) is 4.79 Å². The maximum absolute atomic E-state index is 11.9. The maximum Gasteiger partial charge on any atom is 0.244 e. The van der Waals surface area contributed by atoms with Gasteiger partial charge in [-0.3, -0.25) is 9.48 Å². The lowest BCUT2D eigenvalue weighted by molar-refractivity contribution is -0.118. The zero-order valence-electron chi connectivity index (χ0n) is 16.0. The minimum Gasteiger partial charge on any atom is -0.494 e. The topological polar surface area (TPSA) is 93.6 Å². The van der Waals surface area contributed by atoms with E-state index in [1.165, 1.54) is 0 Å². The van der Waals surface area contributed by atoms with E-state index < -0.39 is 11.9 Å². The Labute approximate surface area is 164 Å². The zero-order valence-corrected chi connectivity index (χ0v) is 16.0. The van der Waals surface area contributed by atoms with Crippen molar-refractivity contribution in [2.45, 2.75) is 37.8 Å². The van der Waals surface area contributed by atoms with E-state index >= 15 is 0 Å². The van der Waals surface area contributed by atoms with Gasteiger partial charge in [-0.05, 0) is 43.7 Å². The van der Waals surface area contributed by atoms with Gasteiger partial charge < -0.3 is 20.5 Å². The average molecular weight is 382 g/mol. The first-order chi connectivity index (χ1) is 13.6. The Hall–Kier alpha value is -2.80. The number of ether oxygens (including phenoxy) is 1. The standard InChI is InChI=1S/C21H26N4O3/c1-28-20-11-17-15(10-19(20)24-9-3-2-4-18(24)21(22)27)12-25(23-17)16-7-5-14(13-26)6-8-16/h2-4,9-12,14,16,18,26H,5-8,13H2,1H3,(H2,22,27). The van der Waals surface area contributed by atoms with Crippen LogP contribution in [0.4, 0.5) is 5.69 Å². The number of rotatable bonds is 5. The molecule has 0 radical (unpaired) electrons. The van der Waals surface area contributed by atoms with Crippen LogP contribution in [0.5, 0.6) is 5.75 Å². The maximum atomic E-state index is 11.9. The monoisotopic (exact) mass is 382 g/mol. The molecule has 28 heavy (non-hydrogen) atoms. The van der Waals surface area contributed by atoms with Crippen molar-refractivity contribution in [3.05, 3.63) is 42.8 Å². The van der Waals surface area contributed by atoms with Crippen LogP contribution in [0, 0.1) is 5.92 Å². The van der Waals surface area contributed by atoms with E-state index in [2.05, 4.69) is 6.20 Å². The number of nitrogens with two attached hydrogens (primary N) is 1. The van der Waals surface area contributed by atoms with E-state index in [4.69, 9.17) is 15.6 Å². The van der Waals surface area contributed by atoms with Crippen molar-refractivity contribution in [2.75, 3.05) is 18.6 Å². The lowest BCUT2D eigenvalue weighted by atomic mass is 9.87. The number of nitrogens with zero attached hydrogens (tertiary/aromatic N) is 3. The Morgan fingerprint density at radius 1 is 1.29 bits per heavy atom. The van der Waals surface area contributed by atoms with Crippen LogP contribution in [0.2, 0.25) is 0 Å². The number of aromatic nitrogens is 2. The van der Waals surface area contributed by atoms with Crippen molar-refractivity contribution in [1.82, 2.24) is 9.78 Å². The minimum atomic E-state index is -0.555. The summed E-state index contributed by atoms with van der Waals surface area (Å²) in [5.74, 6) is 0.643. The third-order valence-corrected chi connectivity index (χ3v) is 5.79. The van der Waals surface area contributed by atoms with Gasteiger partial charge in [-0.25, -0.2) is 0 Å². The quantitative estimate of drug-likeness (QED) is 0.829. The number of methoxy groups -OCH3 is 1. The summed E-state index contributed by atoms with van der Waals surface area (Å²) >= 11 is 0. The molecular formula is C21H26N4O3. The molecule has 1 amide bonds. The highest BCUT2D eigenvalue weighted by molar-refractivity contribution is 5.91. The number of benzene rings is 1. The highest BCUT2D eigenvalue weighted by Gasteiger charge is 2.26. The Morgan fingerprint density at radius 3 is 2.75 bits per heavy atom. The van der Waals surface area contributed by atoms with Gasteiger partial charge in [0.1, 0.15) is 11.8 Å². The van der Waals surface area contributed by atoms with Gasteiger partial charge in [0.2, 0.25) is 5.91 Å².